The van der Waals surface area contributed by atoms with Crippen LogP contribution in [0.5, 0.6) is 0 Å². The largest absolute Gasteiger partial charge is 0.394 e. The zero-order valence-electron chi connectivity index (χ0n) is 6.80. The lowest BCUT2D eigenvalue weighted by Gasteiger charge is -2.17. The van der Waals surface area contributed by atoms with Gasteiger partial charge >= 0.3 is 0 Å². The van der Waals surface area contributed by atoms with Crippen molar-refractivity contribution < 1.29 is 5.11 Å². The minimum Gasteiger partial charge on any atom is -0.394 e. The van der Waals surface area contributed by atoms with Crippen molar-refractivity contribution in [1.29, 1.82) is 5.26 Å². The van der Waals surface area contributed by atoms with Gasteiger partial charge < -0.3 is 5.11 Å². The molecule has 0 heterocycles. The third-order valence-corrected chi connectivity index (χ3v) is 2.20. The maximum atomic E-state index is 8.92. The summed E-state index contributed by atoms with van der Waals surface area (Å²) in [7, 11) is 0. The topological polar surface area (TPSA) is 56.0 Å². The van der Waals surface area contributed by atoms with E-state index < -0.39 is 0 Å². The quantitative estimate of drug-likeness (QED) is 0.616. The van der Waals surface area contributed by atoms with Gasteiger partial charge in [-0.2, -0.15) is 5.26 Å². The number of hydrogen-bond donors (Lipinski definition) is 2. The second kappa shape index (κ2) is 3.21. The molecular formula is C8H14N2O. The predicted octanol–water partition coefficient (Wildman–Crippen LogP) is 0.403. The van der Waals surface area contributed by atoms with Crippen molar-refractivity contribution in [3.63, 3.8) is 0 Å². The highest BCUT2D eigenvalue weighted by molar-refractivity contribution is 5.06. The van der Waals surface area contributed by atoms with Gasteiger partial charge in [0, 0.05) is 5.54 Å². The number of aliphatic hydroxyl groups is 1. The number of nitriles is 1. The first-order valence-corrected chi connectivity index (χ1v) is 4.04. The molecule has 3 nitrogen and oxygen atoms in total. The van der Waals surface area contributed by atoms with Crippen LogP contribution in [0, 0.1) is 11.3 Å². The summed E-state index contributed by atoms with van der Waals surface area (Å²) < 4.78 is 0. The normalized spacial score (nSPS) is 22.3. The lowest BCUT2D eigenvalue weighted by molar-refractivity contribution is 0.224. The minimum atomic E-state index is -0.101. The van der Waals surface area contributed by atoms with Crippen LogP contribution in [0.25, 0.3) is 0 Å². The molecule has 1 saturated carbocycles. The molecule has 0 spiro atoms. The number of aliphatic hydroxyl groups excluding tert-OH is 1. The van der Waals surface area contributed by atoms with E-state index in [1.54, 1.807) is 0 Å². The van der Waals surface area contributed by atoms with E-state index in [-0.39, 0.29) is 18.2 Å². The molecule has 11 heavy (non-hydrogen) atoms. The molecule has 62 valence electrons. The second-order valence-corrected chi connectivity index (χ2v) is 3.17. The first-order chi connectivity index (χ1) is 5.26. The Labute approximate surface area is 67.0 Å². The van der Waals surface area contributed by atoms with Crippen LogP contribution in [-0.4, -0.2) is 23.3 Å². The molecule has 2 N–H and O–H groups in total. The summed E-state index contributed by atoms with van der Waals surface area (Å²) >= 11 is 0. The van der Waals surface area contributed by atoms with Crippen LogP contribution in [-0.2, 0) is 0 Å². The van der Waals surface area contributed by atoms with Crippen molar-refractivity contribution >= 4 is 0 Å². The predicted molar refractivity (Wildman–Crippen MR) is 41.9 cm³/mol. The average Bonchev–Trinajstić information content (AvgIpc) is 2.81. The Morgan fingerprint density at radius 2 is 2.36 bits per heavy atom. The fourth-order valence-corrected chi connectivity index (χ4v) is 1.09. The molecule has 1 atom stereocenters. The first-order valence-electron chi connectivity index (χ1n) is 4.04. The van der Waals surface area contributed by atoms with Crippen LogP contribution in [0.3, 0.4) is 0 Å². The Kier molecular flexibility index (Phi) is 2.48. The van der Waals surface area contributed by atoms with Gasteiger partial charge in [0.2, 0.25) is 0 Å². The van der Waals surface area contributed by atoms with E-state index in [0.29, 0.717) is 0 Å². The summed E-state index contributed by atoms with van der Waals surface area (Å²) in [4.78, 5) is 0. The molecule has 0 radical (unpaired) electrons. The SMILES string of the molecule is CCC(C#N)NC1(CO)CC1. The Morgan fingerprint density at radius 3 is 2.64 bits per heavy atom. The van der Waals surface area contributed by atoms with E-state index >= 15 is 0 Å². The summed E-state index contributed by atoms with van der Waals surface area (Å²) in [6.07, 6.45) is 2.81. The number of nitrogens with one attached hydrogen (secondary N) is 1. The molecule has 0 bridgehead atoms. The van der Waals surface area contributed by atoms with Crippen molar-refractivity contribution in [3.8, 4) is 6.07 Å². The molecule has 0 aromatic rings. The molecular weight excluding hydrogens is 140 g/mol. The molecule has 3 heteroatoms. The van der Waals surface area contributed by atoms with Gasteiger partial charge in [-0.3, -0.25) is 5.32 Å². The van der Waals surface area contributed by atoms with Gasteiger partial charge in [0.15, 0.2) is 0 Å². The van der Waals surface area contributed by atoms with Crippen LogP contribution in [0.4, 0.5) is 0 Å². The van der Waals surface area contributed by atoms with E-state index in [1.165, 1.54) is 0 Å². The maximum absolute atomic E-state index is 8.92. The summed E-state index contributed by atoms with van der Waals surface area (Å²) in [5.74, 6) is 0. The summed E-state index contributed by atoms with van der Waals surface area (Å²) in [6, 6.07) is 2.07. The summed E-state index contributed by atoms with van der Waals surface area (Å²) in [5.41, 5.74) is -0.101. The third kappa shape index (κ3) is 1.92. The highest BCUT2D eigenvalue weighted by Crippen LogP contribution is 2.35. The van der Waals surface area contributed by atoms with Crippen molar-refractivity contribution in [2.75, 3.05) is 6.61 Å². The molecule has 1 rings (SSSR count). The van der Waals surface area contributed by atoms with Gasteiger partial charge in [-0.1, -0.05) is 6.92 Å². The van der Waals surface area contributed by atoms with Gasteiger partial charge in [0.25, 0.3) is 0 Å². The Hall–Kier alpha value is -0.590. The van der Waals surface area contributed by atoms with Gasteiger partial charge in [-0.05, 0) is 19.3 Å². The summed E-state index contributed by atoms with van der Waals surface area (Å²) in [5, 5.41) is 20.7. The smallest absolute Gasteiger partial charge is 0.0955 e. The monoisotopic (exact) mass is 154 g/mol. The molecule has 0 saturated heterocycles. The average molecular weight is 154 g/mol. The zero-order chi connectivity index (χ0) is 8.32. The molecule has 1 aliphatic carbocycles. The van der Waals surface area contributed by atoms with Crippen molar-refractivity contribution in [2.24, 2.45) is 0 Å². The van der Waals surface area contributed by atoms with Crippen molar-refractivity contribution in [3.05, 3.63) is 0 Å². The molecule has 0 aromatic carbocycles. The van der Waals surface area contributed by atoms with Gasteiger partial charge in [-0.15, -0.1) is 0 Å². The van der Waals surface area contributed by atoms with Gasteiger partial charge in [-0.25, -0.2) is 0 Å². The molecule has 1 unspecified atom stereocenters. The van der Waals surface area contributed by atoms with E-state index in [2.05, 4.69) is 11.4 Å². The number of hydrogen-bond acceptors (Lipinski definition) is 3. The van der Waals surface area contributed by atoms with Crippen molar-refractivity contribution in [2.45, 2.75) is 37.8 Å². The van der Waals surface area contributed by atoms with E-state index in [1.807, 2.05) is 6.92 Å². The number of nitrogens with zero attached hydrogens (tertiary/aromatic N) is 1. The fourth-order valence-electron chi connectivity index (χ4n) is 1.09. The highest BCUT2D eigenvalue weighted by atomic mass is 16.3. The van der Waals surface area contributed by atoms with Crippen LogP contribution >= 0.6 is 0 Å². The van der Waals surface area contributed by atoms with Crippen LogP contribution in [0.1, 0.15) is 26.2 Å². The minimum absolute atomic E-state index is 0.0929. The lowest BCUT2D eigenvalue weighted by atomic mass is 10.2. The zero-order valence-corrected chi connectivity index (χ0v) is 6.80. The van der Waals surface area contributed by atoms with E-state index in [9.17, 15) is 0 Å². The van der Waals surface area contributed by atoms with E-state index in [0.717, 1.165) is 19.3 Å². The highest BCUT2D eigenvalue weighted by Gasteiger charge is 2.42. The third-order valence-electron chi connectivity index (χ3n) is 2.20. The van der Waals surface area contributed by atoms with Crippen LogP contribution < -0.4 is 5.32 Å². The Bertz CT molecular complexity index is 169. The number of rotatable bonds is 4. The first kappa shape index (κ1) is 8.51. The standard InChI is InChI=1S/C8H14N2O/c1-2-7(5-9)10-8(6-11)3-4-8/h7,10-11H,2-4,6H2,1H3. The van der Waals surface area contributed by atoms with Gasteiger partial charge in [0.05, 0.1) is 18.7 Å². The second-order valence-electron chi connectivity index (χ2n) is 3.17. The Balaban J connectivity index is 2.35. The molecule has 0 aromatic heterocycles. The van der Waals surface area contributed by atoms with Gasteiger partial charge in [0.1, 0.15) is 0 Å². The lowest BCUT2D eigenvalue weighted by Crippen LogP contribution is -2.41. The van der Waals surface area contributed by atoms with Crippen LogP contribution in [0.2, 0.25) is 0 Å². The van der Waals surface area contributed by atoms with Crippen LogP contribution in [0.15, 0.2) is 0 Å². The molecule has 1 aliphatic rings. The van der Waals surface area contributed by atoms with E-state index in [4.69, 9.17) is 10.4 Å². The summed E-state index contributed by atoms with van der Waals surface area (Å²) in [6.45, 7) is 2.12. The Morgan fingerprint density at radius 1 is 1.73 bits per heavy atom. The maximum Gasteiger partial charge on any atom is 0.0955 e. The fraction of sp³-hybridized carbons (Fsp3) is 0.875. The molecule has 1 fully saturated rings. The molecule has 0 aliphatic heterocycles. The van der Waals surface area contributed by atoms with Crippen molar-refractivity contribution in [1.82, 2.24) is 5.32 Å². The molecule has 0 amide bonds.